The predicted molar refractivity (Wildman–Crippen MR) is 131 cm³/mol. The lowest BCUT2D eigenvalue weighted by atomic mass is 10.1. The van der Waals surface area contributed by atoms with E-state index in [1.165, 1.54) is 38.4 Å². The summed E-state index contributed by atoms with van der Waals surface area (Å²) >= 11 is 0. The van der Waals surface area contributed by atoms with Crippen LogP contribution in [0, 0.1) is 0 Å². The van der Waals surface area contributed by atoms with Crippen molar-refractivity contribution in [3.63, 3.8) is 0 Å². The number of Topliss-reactive ketones (excluding diaryl/α,β-unsaturated/α-hetero) is 1. The summed E-state index contributed by atoms with van der Waals surface area (Å²) in [5, 5.41) is 5.40. The summed E-state index contributed by atoms with van der Waals surface area (Å²) in [6.07, 6.45) is -2.88. The van der Waals surface area contributed by atoms with Gasteiger partial charge < -0.3 is 20.4 Å². The van der Waals surface area contributed by atoms with Crippen molar-refractivity contribution in [1.82, 2.24) is 14.9 Å². The zero-order valence-electron chi connectivity index (χ0n) is 20.0. The fourth-order valence-electron chi connectivity index (χ4n) is 3.76. The minimum Gasteiger partial charge on any atom is -0.342 e. The van der Waals surface area contributed by atoms with Gasteiger partial charge in [0.1, 0.15) is 11.4 Å². The lowest BCUT2D eigenvalue weighted by Crippen LogP contribution is -2.30. The molecule has 2 heterocycles. The second-order valence-corrected chi connectivity index (χ2v) is 8.47. The molecule has 0 atom stereocenters. The number of para-hydroxylation sites is 1. The molecule has 0 aliphatic carbocycles. The summed E-state index contributed by atoms with van der Waals surface area (Å²) < 4.78 is 41.2. The number of nitrogens with one attached hydrogen (secondary N) is 2. The van der Waals surface area contributed by atoms with E-state index < -0.39 is 29.2 Å². The number of alkyl halides is 3. The molecule has 2 aromatic carbocycles. The summed E-state index contributed by atoms with van der Waals surface area (Å²) in [5.74, 6) is -2.40. The van der Waals surface area contributed by atoms with Gasteiger partial charge in [0.2, 0.25) is 11.9 Å². The Morgan fingerprint density at radius 1 is 1.03 bits per heavy atom. The van der Waals surface area contributed by atoms with Crippen molar-refractivity contribution in [2.75, 3.05) is 36.2 Å². The van der Waals surface area contributed by atoms with E-state index in [0.29, 0.717) is 24.8 Å². The highest BCUT2D eigenvalue weighted by atomic mass is 19.4. The molecule has 1 saturated heterocycles. The molecule has 192 valence electrons. The molecule has 0 unspecified atom stereocenters. The minimum atomic E-state index is -4.79. The van der Waals surface area contributed by atoms with Gasteiger partial charge in [0.05, 0.1) is 11.3 Å². The molecule has 0 radical (unpaired) electrons. The Bertz CT molecular complexity index is 1340. The quantitative estimate of drug-likeness (QED) is 0.357. The first-order valence-electron chi connectivity index (χ1n) is 11.3. The number of benzene rings is 2. The van der Waals surface area contributed by atoms with E-state index in [4.69, 9.17) is 0 Å². The topological polar surface area (TPSA) is 108 Å². The number of carbonyl (C=O) groups is 3. The standard InChI is InChI=1S/C25H23F3N6O3/c1-33(2)23(37)21(36)17-6-3-4-7-19(17)31-22-18(25(26,27)28)14-29-24(32-22)30-15-9-11-16(12-10-15)34-13-5-8-20(34)35/h3-4,6-7,9-12,14H,5,8,13H2,1-2H3,(H2,29,30,31,32). The van der Waals surface area contributed by atoms with E-state index in [1.54, 1.807) is 29.2 Å². The number of ketones is 1. The SMILES string of the molecule is CN(C)C(=O)C(=O)c1ccccc1Nc1nc(Nc2ccc(N3CCCC3=O)cc2)ncc1C(F)(F)F. The van der Waals surface area contributed by atoms with Gasteiger partial charge in [-0.25, -0.2) is 4.98 Å². The van der Waals surface area contributed by atoms with Gasteiger partial charge in [-0.1, -0.05) is 12.1 Å². The number of carbonyl (C=O) groups excluding carboxylic acids is 3. The van der Waals surface area contributed by atoms with Crippen LogP contribution in [0.25, 0.3) is 0 Å². The molecule has 0 bridgehead atoms. The van der Waals surface area contributed by atoms with Gasteiger partial charge in [-0.15, -0.1) is 0 Å². The van der Waals surface area contributed by atoms with Crippen molar-refractivity contribution in [3.8, 4) is 0 Å². The van der Waals surface area contributed by atoms with Crippen molar-refractivity contribution in [2.45, 2.75) is 19.0 Å². The third-order valence-corrected chi connectivity index (χ3v) is 5.63. The monoisotopic (exact) mass is 512 g/mol. The third kappa shape index (κ3) is 5.68. The van der Waals surface area contributed by atoms with Crippen LogP contribution >= 0.6 is 0 Å². The van der Waals surface area contributed by atoms with E-state index in [9.17, 15) is 27.6 Å². The molecule has 1 aliphatic heterocycles. The van der Waals surface area contributed by atoms with Crippen LogP contribution in [-0.4, -0.2) is 53.1 Å². The molecule has 9 nitrogen and oxygen atoms in total. The zero-order chi connectivity index (χ0) is 26.7. The first kappa shape index (κ1) is 25.6. The zero-order valence-corrected chi connectivity index (χ0v) is 20.0. The van der Waals surface area contributed by atoms with Crippen LogP contribution < -0.4 is 15.5 Å². The first-order chi connectivity index (χ1) is 17.5. The van der Waals surface area contributed by atoms with E-state index in [-0.39, 0.29) is 23.1 Å². The van der Waals surface area contributed by atoms with Crippen LogP contribution in [0.3, 0.4) is 0 Å². The largest absolute Gasteiger partial charge is 0.421 e. The average molecular weight is 512 g/mol. The summed E-state index contributed by atoms with van der Waals surface area (Å²) in [5.41, 5.74) is -0.0559. The Labute approximate surface area is 210 Å². The number of hydrogen-bond acceptors (Lipinski definition) is 7. The highest BCUT2D eigenvalue weighted by Gasteiger charge is 2.36. The number of hydrogen-bond donors (Lipinski definition) is 2. The predicted octanol–water partition coefficient (Wildman–Crippen LogP) is 4.38. The molecule has 1 aliphatic rings. The number of halogens is 3. The Kier molecular flexibility index (Phi) is 7.09. The van der Waals surface area contributed by atoms with Crippen molar-refractivity contribution in [1.29, 1.82) is 0 Å². The highest BCUT2D eigenvalue weighted by molar-refractivity contribution is 6.43. The van der Waals surface area contributed by atoms with E-state index in [0.717, 1.165) is 17.0 Å². The minimum absolute atomic E-state index is 0.0162. The van der Waals surface area contributed by atoms with Crippen LogP contribution in [0.4, 0.5) is 42.0 Å². The molecule has 2 N–H and O–H groups in total. The second kappa shape index (κ2) is 10.2. The molecule has 0 spiro atoms. The summed E-state index contributed by atoms with van der Waals surface area (Å²) in [6, 6.07) is 12.5. The van der Waals surface area contributed by atoms with Gasteiger partial charge in [-0.2, -0.15) is 18.2 Å². The van der Waals surface area contributed by atoms with Crippen molar-refractivity contribution in [2.24, 2.45) is 0 Å². The molecule has 0 saturated carbocycles. The number of amides is 2. The molecule has 12 heteroatoms. The number of aromatic nitrogens is 2. The number of nitrogens with zero attached hydrogens (tertiary/aromatic N) is 4. The summed E-state index contributed by atoms with van der Waals surface area (Å²) in [7, 11) is 2.80. The molecular formula is C25H23F3N6O3. The van der Waals surface area contributed by atoms with Gasteiger partial charge in [0, 0.05) is 44.6 Å². The van der Waals surface area contributed by atoms with Crippen LogP contribution in [0.1, 0.15) is 28.8 Å². The third-order valence-electron chi connectivity index (χ3n) is 5.63. The van der Waals surface area contributed by atoms with Crippen molar-refractivity contribution < 1.29 is 27.6 Å². The molecule has 2 amide bonds. The molecule has 1 fully saturated rings. The second-order valence-electron chi connectivity index (χ2n) is 8.47. The average Bonchev–Trinajstić information content (AvgIpc) is 3.29. The summed E-state index contributed by atoms with van der Waals surface area (Å²) in [4.78, 5) is 47.2. The maximum absolute atomic E-state index is 13.7. The van der Waals surface area contributed by atoms with Crippen LogP contribution in [0.2, 0.25) is 0 Å². The molecule has 3 aromatic rings. The highest BCUT2D eigenvalue weighted by Crippen LogP contribution is 2.36. The van der Waals surface area contributed by atoms with Gasteiger partial charge in [0.15, 0.2) is 0 Å². The maximum Gasteiger partial charge on any atom is 0.421 e. The van der Waals surface area contributed by atoms with Crippen LogP contribution in [0.15, 0.2) is 54.7 Å². The van der Waals surface area contributed by atoms with E-state index >= 15 is 0 Å². The maximum atomic E-state index is 13.7. The van der Waals surface area contributed by atoms with Gasteiger partial charge in [-0.05, 0) is 42.8 Å². The van der Waals surface area contributed by atoms with Crippen molar-refractivity contribution >= 4 is 46.4 Å². The van der Waals surface area contributed by atoms with Crippen molar-refractivity contribution in [3.05, 3.63) is 65.9 Å². The fourth-order valence-corrected chi connectivity index (χ4v) is 3.76. The lowest BCUT2D eigenvalue weighted by Gasteiger charge is -2.18. The normalized spacial score (nSPS) is 13.4. The Balaban J connectivity index is 1.63. The molecular weight excluding hydrogens is 489 g/mol. The Morgan fingerprint density at radius 3 is 2.35 bits per heavy atom. The van der Waals surface area contributed by atoms with E-state index in [2.05, 4.69) is 20.6 Å². The molecule has 4 rings (SSSR count). The Morgan fingerprint density at radius 2 is 1.73 bits per heavy atom. The summed E-state index contributed by atoms with van der Waals surface area (Å²) in [6.45, 7) is 0.632. The van der Waals surface area contributed by atoms with Gasteiger partial charge in [0.25, 0.3) is 11.7 Å². The fraction of sp³-hybridized carbons (Fsp3) is 0.240. The molecule has 37 heavy (non-hydrogen) atoms. The number of likely N-dealkylation sites (N-methyl/N-ethyl adjacent to an activating group) is 1. The smallest absolute Gasteiger partial charge is 0.342 e. The Hall–Kier alpha value is -4.48. The van der Waals surface area contributed by atoms with Crippen LogP contribution in [-0.2, 0) is 15.8 Å². The van der Waals surface area contributed by atoms with E-state index in [1.807, 2.05) is 0 Å². The van der Waals surface area contributed by atoms with Gasteiger partial charge >= 0.3 is 6.18 Å². The first-order valence-corrected chi connectivity index (χ1v) is 11.3. The van der Waals surface area contributed by atoms with Gasteiger partial charge in [-0.3, -0.25) is 14.4 Å². The van der Waals surface area contributed by atoms with Crippen LogP contribution in [0.5, 0.6) is 0 Å². The number of rotatable bonds is 7. The molecule has 1 aromatic heterocycles. The number of anilines is 5. The lowest BCUT2D eigenvalue weighted by molar-refractivity contribution is -0.137.